The Morgan fingerprint density at radius 3 is 2.82 bits per heavy atom. The number of amides is 1. The van der Waals surface area contributed by atoms with Crippen LogP contribution in [0.1, 0.15) is 43.0 Å². The van der Waals surface area contributed by atoms with Crippen molar-refractivity contribution < 1.29 is 9.18 Å². The first kappa shape index (κ1) is 14.2. The standard InChI is InChI=1S/C13H17BrFNO/c1-2-3-4-5-8-16-13(17)11-9-10(15)6-7-12(11)14/h6-7,9H,2-5,8H2,1H3,(H,16,17). The number of rotatable bonds is 6. The summed E-state index contributed by atoms with van der Waals surface area (Å²) in [7, 11) is 0. The normalized spacial score (nSPS) is 10.3. The molecule has 0 spiro atoms. The zero-order chi connectivity index (χ0) is 12.7. The highest BCUT2D eigenvalue weighted by Crippen LogP contribution is 2.17. The van der Waals surface area contributed by atoms with Crippen molar-refractivity contribution in [2.75, 3.05) is 6.54 Å². The van der Waals surface area contributed by atoms with Gasteiger partial charge in [0.15, 0.2) is 0 Å². The van der Waals surface area contributed by atoms with Gasteiger partial charge >= 0.3 is 0 Å². The van der Waals surface area contributed by atoms with Gasteiger partial charge in [-0.2, -0.15) is 0 Å². The van der Waals surface area contributed by atoms with Gasteiger partial charge in [-0.3, -0.25) is 4.79 Å². The van der Waals surface area contributed by atoms with Gasteiger partial charge in [0.05, 0.1) is 5.56 Å². The van der Waals surface area contributed by atoms with Gasteiger partial charge in [0.25, 0.3) is 5.91 Å². The molecule has 17 heavy (non-hydrogen) atoms. The predicted octanol–water partition coefficient (Wildman–Crippen LogP) is 3.90. The maximum atomic E-state index is 13.0. The lowest BCUT2D eigenvalue weighted by Gasteiger charge is -2.06. The number of hydrogen-bond acceptors (Lipinski definition) is 1. The molecule has 1 aromatic rings. The molecule has 0 aliphatic heterocycles. The highest BCUT2D eigenvalue weighted by atomic mass is 79.9. The molecule has 0 aliphatic carbocycles. The second kappa shape index (κ2) is 7.43. The van der Waals surface area contributed by atoms with Crippen LogP contribution in [0, 0.1) is 5.82 Å². The lowest BCUT2D eigenvalue weighted by atomic mass is 10.2. The van der Waals surface area contributed by atoms with E-state index in [0.717, 1.165) is 12.8 Å². The highest BCUT2D eigenvalue weighted by molar-refractivity contribution is 9.10. The van der Waals surface area contributed by atoms with Crippen LogP contribution in [0.5, 0.6) is 0 Å². The molecule has 1 rings (SSSR count). The molecule has 1 amide bonds. The molecule has 4 heteroatoms. The monoisotopic (exact) mass is 301 g/mol. The quantitative estimate of drug-likeness (QED) is 0.793. The second-order valence-corrected chi connectivity index (χ2v) is 4.80. The van der Waals surface area contributed by atoms with E-state index in [1.807, 2.05) is 0 Å². The Hall–Kier alpha value is -0.900. The van der Waals surface area contributed by atoms with Crippen molar-refractivity contribution in [3.63, 3.8) is 0 Å². The number of unbranched alkanes of at least 4 members (excludes halogenated alkanes) is 3. The minimum absolute atomic E-state index is 0.229. The van der Waals surface area contributed by atoms with E-state index in [-0.39, 0.29) is 5.91 Å². The molecule has 0 atom stereocenters. The van der Waals surface area contributed by atoms with Crippen molar-refractivity contribution in [1.82, 2.24) is 5.32 Å². The second-order valence-electron chi connectivity index (χ2n) is 3.94. The van der Waals surface area contributed by atoms with E-state index in [0.29, 0.717) is 16.6 Å². The van der Waals surface area contributed by atoms with Crippen molar-refractivity contribution in [3.8, 4) is 0 Å². The molecular formula is C13H17BrFNO. The topological polar surface area (TPSA) is 29.1 Å². The Balaban J connectivity index is 2.44. The number of benzene rings is 1. The summed E-state index contributed by atoms with van der Waals surface area (Å²) >= 11 is 3.24. The fraction of sp³-hybridized carbons (Fsp3) is 0.462. The molecule has 1 aromatic carbocycles. The van der Waals surface area contributed by atoms with Crippen molar-refractivity contribution in [1.29, 1.82) is 0 Å². The van der Waals surface area contributed by atoms with Crippen LogP contribution in [0.25, 0.3) is 0 Å². The third-order valence-corrected chi connectivity index (χ3v) is 3.18. The van der Waals surface area contributed by atoms with Gasteiger partial charge in [-0.1, -0.05) is 26.2 Å². The molecule has 0 aromatic heterocycles. The smallest absolute Gasteiger partial charge is 0.252 e. The third-order valence-electron chi connectivity index (χ3n) is 2.49. The Morgan fingerprint density at radius 1 is 1.35 bits per heavy atom. The van der Waals surface area contributed by atoms with E-state index in [1.54, 1.807) is 6.07 Å². The maximum Gasteiger partial charge on any atom is 0.252 e. The molecule has 0 bridgehead atoms. The molecule has 0 unspecified atom stereocenters. The number of hydrogen-bond donors (Lipinski definition) is 1. The number of nitrogens with one attached hydrogen (secondary N) is 1. The fourth-order valence-corrected chi connectivity index (χ4v) is 1.95. The number of halogens is 2. The van der Waals surface area contributed by atoms with Gasteiger partial charge in [-0.05, 0) is 40.5 Å². The van der Waals surface area contributed by atoms with Crippen LogP contribution >= 0.6 is 15.9 Å². The summed E-state index contributed by atoms with van der Waals surface area (Å²) in [6.45, 7) is 2.78. The average Bonchev–Trinajstić information content (AvgIpc) is 2.32. The molecule has 0 saturated heterocycles. The molecule has 0 heterocycles. The molecule has 94 valence electrons. The minimum atomic E-state index is -0.399. The fourth-order valence-electron chi connectivity index (χ4n) is 1.52. The average molecular weight is 302 g/mol. The summed E-state index contributed by atoms with van der Waals surface area (Å²) < 4.78 is 13.6. The Bertz CT molecular complexity index is 382. The number of carbonyl (C=O) groups excluding carboxylic acids is 1. The molecule has 0 aliphatic rings. The van der Waals surface area contributed by atoms with E-state index >= 15 is 0 Å². The van der Waals surface area contributed by atoms with E-state index in [4.69, 9.17) is 0 Å². The Labute approximate surface area is 110 Å². The molecule has 0 radical (unpaired) electrons. The summed E-state index contributed by atoms with van der Waals surface area (Å²) in [6.07, 6.45) is 4.43. The lowest BCUT2D eigenvalue weighted by Crippen LogP contribution is -2.24. The van der Waals surface area contributed by atoms with E-state index in [9.17, 15) is 9.18 Å². The zero-order valence-corrected chi connectivity index (χ0v) is 11.5. The predicted molar refractivity (Wildman–Crippen MR) is 70.6 cm³/mol. The Kier molecular flexibility index (Phi) is 6.19. The SMILES string of the molecule is CCCCCCNC(=O)c1cc(F)ccc1Br. The maximum absolute atomic E-state index is 13.0. The van der Waals surface area contributed by atoms with E-state index in [2.05, 4.69) is 28.2 Å². The minimum Gasteiger partial charge on any atom is -0.352 e. The molecule has 0 saturated carbocycles. The van der Waals surface area contributed by atoms with Gasteiger partial charge < -0.3 is 5.32 Å². The van der Waals surface area contributed by atoms with Crippen LogP contribution in [0.4, 0.5) is 4.39 Å². The van der Waals surface area contributed by atoms with Crippen LogP contribution in [0.3, 0.4) is 0 Å². The summed E-state index contributed by atoms with van der Waals surface area (Å²) in [4.78, 5) is 11.7. The first-order chi connectivity index (χ1) is 8.15. The van der Waals surface area contributed by atoms with E-state index < -0.39 is 5.82 Å². The largest absolute Gasteiger partial charge is 0.352 e. The molecule has 2 nitrogen and oxygen atoms in total. The first-order valence-corrected chi connectivity index (χ1v) is 6.67. The van der Waals surface area contributed by atoms with Crippen LogP contribution < -0.4 is 5.32 Å². The zero-order valence-electron chi connectivity index (χ0n) is 9.93. The van der Waals surface area contributed by atoms with Crippen LogP contribution in [-0.4, -0.2) is 12.5 Å². The van der Waals surface area contributed by atoms with Gasteiger partial charge in [0, 0.05) is 11.0 Å². The van der Waals surface area contributed by atoms with Gasteiger partial charge in [-0.15, -0.1) is 0 Å². The van der Waals surface area contributed by atoms with Crippen molar-refractivity contribution in [2.45, 2.75) is 32.6 Å². The third kappa shape index (κ3) is 4.86. The Morgan fingerprint density at radius 2 is 2.12 bits per heavy atom. The summed E-state index contributed by atoms with van der Waals surface area (Å²) in [6, 6.07) is 4.11. The van der Waals surface area contributed by atoms with Gasteiger partial charge in [0.2, 0.25) is 0 Å². The molecule has 1 N–H and O–H groups in total. The van der Waals surface area contributed by atoms with Gasteiger partial charge in [0.1, 0.15) is 5.82 Å². The molecular weight excluding hydrogens is 285 g/mol. The van der Waals surface area contributed by atoms with Crippen molar-refractivity contribution in [2.24, 2.45) is 0 Å². The summed E-state index contributed by atoms with van der Waals surface area (Å²) in [5.74, 6) is -0.628. The van der Waals surface area contributed by atoms with Crippen molar-refractivity contribution in [3.05, 3.63) is 34.1 Å². The van der Waals surface area contributed by atoms with Gasteiger partial charge in [-0.25, -0.2) is 4.39 Å². The van der Waals surface area contributed by atoms with Crippen LogP contribution in [-0.2, 0) is 0 Å². The number of carbonyl (C=O) groups is 1. The van der Waals surface area contributed by atoms with E-state index in [1.165, 1.54) is 25.0 Å². The van der Waals surface area contributed by atoms with Crippen LogP contribution in [0.2, 0.25) is 0 Å². The first-order valence-electron chi connectivity index (χ1n) is 5.88. The molecule has 0 fully saturated rings. The highest BCUT2D eigenvalue weighted by Gasteiger charge is 2.10. The van der Waals surface area contributed by atoms with Crippen molar-refractivity contribution >= 4 is 21.8 Å². The summed E-state index contributed by atoms with van der Waals surface area (Å²) in [5.41, 5.74) is 0.348. The van der Waals surface area contributed by atoms with Crippen LogP contribution in [0.15, 0.2) is 22.7 Å². The summed E-state index contributed by atoms with van der Waals surface area (Å²) in [5, 5.41) is 2.79. The lowest BCUT2D eigenvalue weighted by molar-refractivity contribution is 0.0951.